The van der Waals surface area contributed by atoms with Gasteiger partial charge in [-0.2, -0.15) is 0 Å². The van der Waals surface area contributed by atoms with Crippen LogP contribution in [0.4, 0.5) is 11.4 Å². The van der Waals surface area contributed by atoms with E-state index in [-0.39, 0.29) is 23.2 Å². The van der Waals surface area contributed by atoms with Crippen LogP contribution in [0.5, 0.6) is 0 Å². The summed E-state index contributed by atoms with van der Waals surface area (Å²) in [5, 5.41) is 14.0. The average molecular weight is 355 g/mol. The molecular weight excluding hydrogens is 338 g/mol. The summed E-state index contributed by atoms with van der Waals surface area (Å²) in [4.78, 5) is 40.1. The zero-order valence-electron chi connectivity index (χ0n) is 13.8. The van der Waals surface area contributed by atoms with Crippen molar-refractivity contribution in [2.45, 2.75) is 12.5 Å². The molecule has 1 aliphatic heterocycles. The molecule has 1 saturated heterocycles. The molecule has 1 aromatic carbocycles. The number of carbonyl (C=O) groups is 2. The molecule has 1 aliphatic rings. The van der Waals surface area contributed by atoms with Gasteiger partial charge in [0.25, 0.3) is 17.5 Å². The van der Waals surface area contributed by atoms with E-state index < -0.39 is 10.8 Å². The van der Waals surface area contributed by atoms with Gasteiger partial charge in [-0.15, -0.1) is 0 Å². The van der Waals surface area contributed by atoms with Gasteiger partial charge in [0, 0.05) is 43.1 Å². The van der Waals surface area contributed by atoms with Gasteiger partial charge in [0.05, 0.1) is 10.5 Å². The van der Waals surface area contributed by atoms with Crippen LogP contribution in [0.2, 0.25) is 0 Å². The smallest absolute Gasteiger partial charge is 0.272 e. The Balaban J connectivity index is 1.72. The Bertz CT molecular complexity index is 855. The third-order valence-corrected chi connectivity index (χ3v) is 4.20. The second-order valence-corrected chi connectivity index (χ2v) is 5.95. The molecule has 1 atom stereocenters. The number of anilines is 1. The number of likely N-dealkylation sites (tertiary alicyclic amines) is 1. The Morgan fingerprint density at radius 3 is 2.77 bits per heavy atom. The molecule has 1 aromatic heterocycles. The number of nitrogens with one attached hydrogen (secondary N) is 1. The quantitative estimate of drug-likeness (QED) is 0.616. The molecule has 2 amide bonds. The van der Waals surface area contributed by atoms with Gasteiger partial charge in [-0.1, -0.05) is 6.07 Å². The van der Waals surface area contributed by atoms with Gasteiger partial charge in [0.2, 0.25) is 0 Å². The lowest BCUT2D eigenvalue weighted by Gasteiger charge is -2.18. The van der Waals surface area contributed by atoms with Crippen molar-refractivity contribution in [3.8, 4) is 0 Å². The molecule has 2 aromatic rings. The Morgan fingerprint density at radius 1 is 1.31 bits per heavy atom. The number of nitrogens with zero attached hydrogens (tertiary/aromatic N) is 3. The minimum absolute atomic E-state index is 0.0497. The Hall–Kier alpha value is -3.49. The highest BCUT2D eigenvalue weighted by molar-refractivity contribution is 5.99. The van der Waals surface area contributed by atoms with Crippen LogP contribution in [0.15, 0.2) is 42.6 Å². The summed E-state index contributed by atoms with van der Waals surface area (Å²) in [6, 6.07) is 8.97. The second-order valence-electron chi connectivity index (χ2n) is 5.95. The molecular formula is C17H17N5O4. The number of pyridine rings is 1. The topological polar surface area (TPSA) is 131 Å². The fourth-order valence-electron chi connectivity index (χ4n) is 2.91. The maximum absolute atomic E-state index is 12.4. The van der Waals surface area contributed by atoms with Crippen molar-refractivity contribution in [3.05, 3.63) is 64.0 Å². The molecule has 26 heavy (non-hydrogen) atoms. The van der Waals surface area contributed by atoms with E-state index in [0.717, 1.165) is 6.07 Å². The molecule has 9 heteroatoms. The molecule has 3 rings (SSSR count). The maximum Gasteiger partial charge on any atom is 0.272 e. The third kappa shape index (κ3) is 3.61. The first kappa shape index (κ1) is 17.3. The SMILES string of the molecule is NC(=O)c1cc([N+](=O)[O-])ccc1NC1CCN(C(=O)c2ccccn2)C1. The average Bonchev–Trinajstić information content (AvgIpc) is 3.10. The second kappa shape index (κ2) is 7.18. The molecule has 0 spiro atoms. The van der Waals surface area contributed by atoms with Crippen LogP contribution in [0.25, 0.3) is 0 Å². The van der Waals surface area contributed by atoms with E-state index >= 15 is 0 Å². The molecule has 0 bridgehead atoms. The zero-order chi connectivity index (χ0) is 18.7. The van der Waals surface area contributed by atoms with Crippen molar-refractivity contribution in [1.82, 2.24) is 9.88 Å². The van der Waals surface area contributed by atoms with E-state index in [1.54, 1.807) is 29.3 Å². The lowest BCUT2D eigenvalue weighted by molar-refractivity contribution is -0.384. The predicted molar refractivity (Wildman–Crippen MR) is 93.8 cm³/mol. The van der Waals surface area contributed by atoms with E-state index in [0.29, 0.717) is 30.9 Å². The molecule has 9 nitrogen and oxygen atoms in total. The van der Waals surface area contributed by atoms with Crippen LogP contribution < -0.4 is 11.1 Å². The number of nitrogens with two attached hydrogens (primary N) is 1. The summed E-state index contributed by atoms with van der Waals surface area (Å²) < 4.78 is 0. The molecule has 0 saturated carbocycles. The van der Waals surface area contributed by atoms with Crippen LogP contribution >= 0.6 is 0 Å². The van der Waals surface area contributed by atoms with Crippen LogP contribution in [0, 0.1) is 10.1 Å². The molecule has 2 heterocycles. The van der Waals surface area contributed by atoms with E-state index in [1.165, 1.54) is 12.1 Å². The summed E-state index contributed by atoms with van der Waals surface area (Å²) >= 11 is 0. The summed E-state index contributed by atoms with van der Waals surface area (Å²) in [6.45, 7) is 0.983. The van der Waals surface area contributed by atoms with Crippen LogP contribution in [-0.2, 0) is 0 Å². The summed E-state index contributed by atoms with van der Waals surface area (Å²) in [6.07, 6.45) is 2.24. The van der Waals surface area contributed by atoms with Crippen molar-refractivity contribution in [2.24, 2.45) is 5.73 Å². The first-order valence-corrected chi connectivity index (χ1v) is 8.01. The summed E-state index contributed by atoms with van der Waals surface area (Å²) in [5.41, 5.74) is 5.97. The van der Waals surface area contributed by atoms with Crippen molar-refractivity contribution in [2.75, 3.05) is 18.4 Å². The molecule has 1 unspecified atom stereocenters. The highest BCUT2D eigenvalue weighted by Crippen LogP contribution is 2.24. The van der Waals surface area contributed by atoms with E-state index in [9.17, 15) is 19.7 Å². The van der Waals surface area contributed by atoms with Crippen LogP contribution in [-0.4, -0.2) is 45.8 Å². The number of hydrogen-bond donors (Lipinski definition) is 2. The highest BCUT2D eigenvalue weighted by Gasteiger charge is 2.28. The van der Waals surface area contributed by atoms with E-state index in [2.05, 4.69) is 10.3 Å². The Kier molecular flexibility index (Phi) is 4.78. The third-order valence-electron chi connectivity index (χ3n) is 4.20. The lowest BCUT2D eigenvalue weighted by atomic mass is 10.1. The van der Waals surface area contributed by atoms with Crippen molar-refractivity contribution in [3.63, 3.8) is 0 Å². The van der Waals surface area contributed by atoms with Crippen molar-refractivity contribution >= 4 is 23.2 Å². The monoisotopic (exact) mass is 355 g/mol. The Labute approximate surface area is 149 Å². The molecule has 3 N–H and O–H groups in total. The van der Waals surface area contributed by atoms with E-state index in [4.69, 9.17) is 5.73 Å². The number of nitro groups is 1. The molecule has 1 fully saturated rings. The normalized spacial score (nSPS) is 16.3. The maximum atomic E-state index is 12.4. The zero-order valence-corrected chi connectivity index (χ0v) is 13.8. The number of aromatic nitrogens is 1. The number of benzene rings is 1. The number of carbonyl (C=O) groups excluding carboxylic acids is 2. The standard InChI is InChI=1S/C17H17N5O4/c18-16(23)13-9-12(22(25)26)4-5-14(13)20-11-6-8-21(10-11)17(24)15-3-1-2-7-19-15/h1-5,7,9,11,20H,6,8,10H2,(H2,18,23). The molecule has 0 aliphatic carbocycles. The van der Waals surface area contributed by atoms with E-state index in [1.807, 2.05) is 0 Å². The first-order chi connectivity index (χ1) is 12.5. The number of rotatable bonds is 5. The van der Waals surface area contributed by atoms with Gasteiger partial charge in [0.15, 0.2) is 0 Å². The Morgan fingerprint density at radius 2 is 2.12 bits per heavy atom. The first-order valence-electron chi connectivity index (χ1n) is 8.01. The number of amides is 2. The van der Waals surface area contributed by atoms with Gasteiger partial charge in [0.1, 0.15) is 5.69 Å². The molecule has 0 radical (unpaired) electrons. The van der Waals surface area contributed by atoms with Gasteiger partial charge < -0.3 is 16.0 Å². The van der Waals surface area contributed by atoms with Crippen LogP contribution in [0.1, 0.15) is 27.3 Å². The minimum atomic E-state index is -0.754. The minimum Gasteiger partial charge on any atom is -0.380 e. The van der Waals surface area contributed by atoms with Crippen molar-refractivity contribution in [1.29, 1.82) is 0 Å². The van der Waals surface area contributed by atoms with Crippen molar-refractivity contribution < 1.29 is 14.5 Å². The summed E-state index contributed by atoms with van der Waals surface area (Å²) in [7, 11) is 0. The predicted octanol–water partition coefficient (Wildman–Crippen LogP) is 1.42. The number of non-ortho nitro benzene ring substituents is 1. The fourth-order valence-corrected chi connectivity index (χ4v) is 2.91. The van der Waals surface area contributed by atoms with Gasteiger partial charge in [-0.25, -0.2) is 0 Å². The van der Waals surface area contributed by atoms with Crippen LogP contribution in [0.3, 0.4) is 0 Å². The number of primary amides is 1. The van der Waals surface area contributed by atoms with Gasteiger partial charge in [-0.3, -0.25) is 24.7 Å². The fraction of sp³-hybridized carbons (Fsp3) is 0.235. The largest absolute Gasteiger partial charge is 0.380 e. The number of nitro benzene ring substituents is 1. The molecule has 134 valence electrons. The summed E-state index contributed by atoms with van der Waals surface area (Å²) in [5.74, 6) is -0.913. The lowest BCUT2D eigenvalue weighted by Crippen LogP contribution is -2.32. The van der Waals surface area contributed by atoms with Gasteiger partial charge >= 0.3 is 0 Å². The highest BCUT2D eigenvalue weighted by atomic mass is 16.6. The van der Waals surface area contributed by atoms with Gasteiger partial charge in [-0.05, 0) is 24.6 Å². The number of hydrogen-bond acceptors (Lipinski definition) is 6.